The second-order valence-electron chi connectivity index (χ2n) is 0.272. The van der Waals surface area contributed by atoms with Crippen LogP contribution in [0.4, 0.5) is 0 Å². The molecule has 4 nitrogen and oxygen atoms in total. The maximum atomic E-state index is 8.81. The Morgan fingerprint density at radius 2 is 1.00 bits per heavy atom. The van der Waals surface area contributed by atoms with Crippen LogP contribution < -0.4 is 0 Å². The summed E-state index contributed by atoms with van der Waals surface area (Å²) in [5.41, 5.74) is 0. The summed E-state index contributed by atoms with van der Waals surface area (Å²) in [5, 5.41) is 11.0. The third kappa shape index (κ3) is 619. The molecule has 0 saturated carbocycles. The Bertz CT molecular complexity index is 48.0. The number of carbonyl (C=O) groups is 2. The first-order valence-electron chi connectivity index (χ1n) is 1.51. The van der Waals surface area contributed by atoms with Crippen LogP contribution in [0.15, 0.2) is 0 Å². The van der Waals surface area contributed by atoms with Crippen molar-refractivity contribution in [2.45, 2.75) is 0 Å². The molecule has 8 heavy (non-hydrogen) atoms. The van der Waals surface area contributed by atoms with Gasteiger partial charge in [0.1, 0.15) is 0 Å². The molecule has 0 aliphatic carbocycles. The van der Waals surface area contributed by atoms with Gasteiger partial charge in [-0.2, -0.15) is 0 Å². The smallest absolute Gasteiger partial charge is 0.182 e. The van der Waals surface area contributed by atoms with E-state index in [1.807, 2.05) is 0 Å². The number of aldehydes is 2. The highest BCUT2D eigenvalue weighted by atomic mass is 16.2. The van der Waals surface area contributed by atoms with Crippen molar-refractivity contribution >= 4 is 26.0 Å². The molecule has 0 aromatic heterocycles. The predicted octanol–water partition coefficient (Wildman–Crippen LogP) is -0.0843. The van der Waals surface area contributed by atoms with Gasteiger partial charge in [0.15, 0.2) is 12.6 Å². The van der Waals surface area contributed by atoms with Gasteiger partial charge in [-0.1, -0.05) is 0 Å². The van der Waals surface area contributed by atoms with Crippen LogP contribution in [0.25, 0.3) is 0 Å². The zero-order valence-electron chi connectivity index (χ0n) is 4.39. The van der Waals surface area contributed by atoms with Crippen LogP contribution >= 0.6 is 0 Å². The highest BCUT2D eigenvalue weighted by Crippen LogP contribution is 1.12. The van der Waals surface area contributed by atoms with E-state index in [4.69, 9.17) is 20.4 Å². The third-order valence-corrected chi connectivity index (χ3v) is 0.0556. The molecule has 0 heterocycles. The second-order valence-corrected chi connectivity index (χ2v) is 0.272. The van der Waals surface area contributed by atoms with E-state index in [0.29, 0.717) is 0 Å². The zero-order chi connectivity index (χ0) is 7.41. The van der Waals surface area contributed by atoms with E-state index >= 15 is 0 Å². The normalized spacial score (nSPS) is 3.50. The highest BCUT2D eigenvalue weighted by Gasteiger charge is 1.47. The fourth-order valence-electron chi connectivity index (χ4n) is 0. The summed E-state index contributed by atoms with van der Waals surface area (Å²) in [7, 11) is 0. The van der Waals surface area contributed by atoms with E-state index in [1.165, 1.54) is 0 Å². The Balaban J connectivity index is -0.0000000542. The van der Waals surface area contributed by atoms with Gasteiger partial charge in [-0.05, 0) is 13.4 Å². The summed E-state index contributed by atoms with van der Waals surface area (Å²) in [5.74, 6) is 0. The lowest BCUT2D eigenvalue weighted by Gasteiger charge is -1.31. The minimum absolute atomic E-state index is 0.194. The van der Waals surface area contributed by atoms with Gasteiger partial charge in [0.05, 0.1) is 0 Å². The van der Waals surface area contributed by atoms with Crippen molar-refractivity contribution in [2.24, 2.45) is 0 Å². The largest absolute Gasteiger partial charge is 0.317 e. The zero-order valence-corrected chi connectivity index (χ0v) is 4.39. The third-order valence-electron chi connectivity index (χ3n) is 0.0556. The molecule has 0 unspecified atom stereocenters. The molecule has 0 rings (SSSR count). The Morgan fingerprint density at radius 3 is 1.00 bits per heavy atom. The van der Waals surface area contributed by atoms with E-state index < -0.39 is 0 Å². The summed E-state index contributed by atoms with van der Waals surface area (Å²) in [6.45, 7) is 5.00. The Morgan fingerprint density at radius 1 is 0.875 bits per heavy atom. The summed E-state index contributed by atoms with van der Waals surface area (Å²) in [6, 6.07) is 0. The lowest BCUT2D eigenvalue weighted by molar-refractivity contribution is -0.122. The quantitative estimate of drug-likeness (QED) is 0.285. The first-order chi connectivity index (χ1) is 3.91. The van der Waals surface area contributed by atoms with Gasteiger partial charge in [-0.25, -0.2) is 0 Å². The van der Waals surface area contributed by atoms with E-state index in [-0.39, 0.29) is 12.6 Å². The second kappa shape index (κ2) is 269. The Hall–Kier alpha value is -1.32. The molecule has 4 heteroatoms. The van der Waals surface area contributed by atoms with Crippen LogP contribution in [-0.2, 0) is 9.59 Å². The fourth-order valence-corrected chi connectivity index (χ4v) is 0. The van der Waals surface area contributed by atoms with Crippen molar-refractivity contribution in [1.82, 2.24) is 0 Å². The average Bonchev–Trinajstić information content (AvgIpc) is 1.96. The van der Waals surface area contributed by atoms with E-state index in [1.54, 1.807) is 0 Å². The van der Waals surface area contributed by atoms with Crippen molar-refractivity contribution in [3.8, 4) is 0 Å². The van der Waals surface area contributed by atoms with Gasteiger partial charge in [0.2, 0.25) is 0 Å². The lowest BCUT2D eigenvalue weighted by Crippen LogP contribution is -1.62. The van der Waals surface area contributed by atoms with Crippen LogP contribution in [0.1, 0.15) is 0 Å². The van der Waals surface area contributed by atoms with Gasteiger partial charge in [-0.3, -0.25) is 9.59 Å². The minimum Gasteiger partial charge on any atom is -0.317 e. The molecule has 46 valence electrons. The number of hydrogen-bond donors (Lipinski definition) is 2. The van der Waals surface area contributed by atoms with E-state index in [2.05, 4.69) is 13.4 Å². The molecule has 0 aromatic rings. The summed E-state index contributed by atoms with van der Waals surface area (Å²) in [4.78, 5) is 17.6. The number of rotatable bonds is 1. The maximum Gasteiger partial charge on any atom is 0.182 e. The SMILES string of the molecule is C=N.C=N.O=CC=O. The molecule has 0 fully saturated rings. The summed E-state index contributed by atoms with van der Waals surface area (Å²) in [6.07, 6.45) is 0.389. The highest BCUT2D eigenvalue weighted by molar-refractivity contribution is 6.09. The average molecular weight is 116 g/mol. The van der Waals surface area contributed by atoms with Crippen molar-refractivity contribution in [3.05, 3.63) is 0 Å². The molecule has 0 spiro atoms. The molecule has 0 saturated heterocycles. The van der Waals surface area contributed by atoms with Crippen molar-refractivity contribution < 1.29 is 9.59 Å². The van der Waals surface area contributed by atoms with Gasteiger partial charge in [-0.15, -0.1) is 0 Å². The van der Waals surface area contributed by atoms with Gasteiger partial charge >= 0.3 is 0 Å². The Labute approximate surface area is 47.5 Å². The summed E-state index contributed by atoms with van der Waals surface area (Å²) < 4.78 is 0. The molecule has 0 atom stereocenters. The van der Waals surface area contributed by atoms with Gasteiger partial charge in [0, 0.05) is 0 Å². The van der Waals surface area contributed by atoms with E-state index in [0.717, 1.165) is 0 Å². The Kier molecular flexibility index (Phi) is 535. The molecule has 0 bridgehead atoms. The molecule has 2 N–H and O–H groups in total. The molecule has 0 amide bonds. The summed E-state index contributed by atoms with van der Waals surface area (Å²) >= 11 is 0. The predicted molar refractivity (Wildman–Crippen MR) is 31.8 cm³/mol. The van der Waals surface area contributed by atoms with Crippen LogP contribution in [0.5, 0.6) is 0 Å². The molecule has 0 aromatic carbocycles. The van der Waals surface area contributed by atoms with Gasteiger partial charge in [0.25, 0.3) is 0 Å². The fraction of sp³-hybridized carbons (Fsp3) is 0. The standard InChI is InChI=1S/C2H2O2.2CH3N/c3-1-2-4;2*1-2/h1-2H;2*2H,1H2. The van der Waals surface area contributed by atoms with Crippen LogP contribution in [0.3, 0.4) is 0 Å². The molecule has 0 radical (unpaired) electrons. The first-order valence-corrected chi connectivity index (χ1v) is 1.51. The van der Waals surface area contributed by atoms with Crippen molar-refractivity contribution in [2.75, 3.05) is 0 Å². The van der Waals surface area contributed by atoms with Crippen LogP contribution in [0.2, 0.25) is 0 Å². The molecule has 0 aliphatic rings. The topological polar surface area (TPSA) is 81.8 Å². The monoisotopic (exact) mass is 116 g/mol. The molecule has 0 aliphatic heterocycles. The lowest BCUT2D eigenvalue weighted by atomic mass is 10.9. The van der Waals surface area contributed by atoms with Crippen molar-refractivity contribution in [3.63, 3.8) is 0 Å². The molecular weight excluding hydrogens is 108 g/mol. The number of hydrogen-bond acceptors (Lipinski definition) is 4. The maximum absolute atomic E-state index is 8.81. The van der Waals surface area contributed by atoms with Crippen LogP contribution in [-0.4, -0.2) is 26.0 Å². The van der Waals surface area contributed by atoms with Crippen molar-refractivity contribution in [1.29, 1.82) is 10.8 Å². The van der Waals surface area contributed by atoms with Crippen LogP contribution in [0, 0.1) is 10.8 Å². The van der Waals surface area contributed by atoms with E-state index in [9.17, 15) is 0 Å². The molecular formula is C4H8N2O2. The van der Waals surface area contributed by atoms with Gasteiger partial charge < -0.3 is 10.8 Å². The number of nitrogens with one attached hydrogen (secondary N) is 2. The number of carbonyl (C=O) groups excluding carboxylic acids is 2. The first kappa shape index (κ1) is 15.9. The minimum atomic E-state index is 0.194.